The molecule has 2 aliphatic rings. The Labute approximate surface area is 229 Å². The van der Waals surface area contributed by atoms with Gasteiger partial charge in [0, 0.05) is 51.2 Å². The van der Waals surface area contributed by atoms with Crippen LogP contribution in [0, 0.1) is 5.41 Å². The topological polar surface area (TPSA) is 85.8 Å². The number of rotatable bonds is 7. The summed E-state index contributed by atoms with van der Waals surface area (Å²) in [5.41, 5.74) is 5.61. The average molecular weight is 526 g/mol. The van der Waals surface area contributed by atoms with Crippen molar-refractivity contribution in [1.29, 1.82) is 0 Å². The van der Waals surface area contributed by atoms with Crippen LogP contribution in [0.3, 0.4) is 0 Å². The molecule has 3 aromatic rings. The molecule has 2 aromatic carbocycles. The van der Waals surface area contributed by atoms with Crippen molar-refractivity contribution in [3.05, 3.63) is 83.2 Å². The summed E-state index contributed by atoms with van der Waals surface area (Å²) in [6, 6.07) is 16.1. The summed E-state index contributed by atoms with van der Waals surface area (Å²) in [7, 11) is 1.73. The summed E-state index contributed by atoms with van der Waals surface area (Å²) in [5.74, 6) is -0.271. The molecule has 1 aromatic heterocycles. The zero-order chi connectivity index (χ0) is 27.7. The first kappa shape index (κ1) is 26.6. The first-order valence-electron chi connectivity index (χ1n) is 13.5. The molecule has 0 radical (unpaired) electrons. The minimum Gasteiger partial charge on any atom is -0.313 e. The molecule has 202 valence electrons. The lowest BCUT2D eigenvalue weighted by atomic mass is 9.90. The molecule has 2 aliphatic heterocycles. The SMILES string of the molecule is CCN1C(=O)C(C)(C)C(=O)N(C)c2cc(CNCc3ccc4c(c3)N(Cc3cccnc3)C(=O)CC4)ccc21. The van der Waals surface area contributed by atoms with Gasteiger partial charge in [-0.25, -0.2) is 0 Å². The van der Waals surface area contributed by atoms with Crippen LogP contribution in [0.5, 0.6) is 0 Å². The number of fused-ring (bicyclic) bond motifs is 2. The largest absolute Gasteiger partial charge is 0.313 e. The monoisotopic (exact) mass is 525 g/mol. The maximum absolute atomic E-state index is 13.1. The number of pyridine rings is 1. The number of hydrogen-bond acceptors (Lipinski definition) is 5. The van der Waals surface area contributed by atoms with Gasteiger partial charge >= 0.3 is 0 Å². The van der Waals surface area contributed by atoms with Crippen molar-refractivity contribution < 1.29 is 14.4 Å². The van der Waals surface area contributed by atoms with Crippen LogP contribution < -0.4 is 20.0 Å². The normalized spacial score (nSPS) is 16.7. The third-order valence-corrected chi connectivity index (χ3v) is 7.70. The maximum Gasteiger partial charge on any atom is 0.242 e. The lowest BCUT2D eigenvalue weighted by Crippen LogP contribution is -2.47. The molecule has 0 spiro atoms. The maximum atomic E-state index is 13.1. The molecule has 5 rings (SSSR count). The molecule has 0 aliphatic carbocycles. The van der Waals surface area contributed by atoms with E-state index in [2.05, 4.69) is 28.5 Å². The highest BCUT2D eigenvalue weighted by atomic mass is 16.2. The summed E-state index contributed by atoms with van der Waals surface area (Å²) in [4.78, 5) is 48.4. The van der Waals surface area contributed by atoms with Crippen molar-refractivity contribution in [3.8, 4) is 0 Å². The Morgan fingerprint density at radius 2 is 1.56 bits per heavy atom. The number of hydrogen-bond donors (Lipinski definition) is 1. The van der Waals surface area contributed by atoms with Gasteiger partial charge in [0.25, 0.3) is 0 Å². The van der Waals surface area contributed by atoms with Crippen molar-refractivity contribution in [2.75, 3.05) is 28.3 Å². The van der Waals surface area contributed by atoms with Crippen molar-refractivity contribution in [3.63, 3.8) is 0 Å². The molecule has 8 nitrogen and oxygen atoms in total. The second kappa shape index (κ2) is 10.6. The van der Waals surface area contributed by atoms with Gasteiger partial charge in [-0.05, 0) is 73.7 Å². The Hall–Kier alpha value is -4.04. The van der Waals surface area contributed by atoms with Gasteiger partial charge in [0.1, 0.15) is 5.41 Å². The lowest BCUT2D eigenvalue weighted by molar-refractivity contribution is -0.137. The fourth-order valence-corrected chi connectivity index (χ4v) is 5.45. The van der Waals surface area contributed by atoms with E-state index >= 15 is 0 Å². The molecule has 0 unspecified atom stereocenters. The smallest absolute Gasteiger partial charge is 0.242 e. The summed E-state index contributed by atoms with van der Waals surface area (Å²) in [6.07, 6.45) is 4.80. The predicted molar refractivity (Wildman–Crippen MR) is 152 cm³/mol. The molecular formula is C31H35N5O3. The Kier molecular flexibility index (Phi) is 7.23. The minimum absolute atomic E-state index is 0.128. The summed E-state index contributed by atoms with van der Waals surface area (Å²) >= 11 is 0. The Morgan fingerprint density at radius 3 is 2.26 bits per heavy atom. The molecule has 3 heterocycles. The van der Waals surface area contributed by atoms with Gasteiger partial charge < -0.3 is 20.0 Å². The quantitative estimate of drug-likeness (QED) is 0.467. The number of amides is 3. The lowest BCUT2D eigenvalue weighted by Gasteiger charge is -2.30. The van der Waals surface area contributed by atoms with Crippen molar-refractivity contribution >= 4 is 34.8 Å². The average Bonchev–Trinajstić information content (AvgIpc) is 2.99. The van der Waals surface area contributed by atoms with E-state index in [1.165, 1.54) is 5.56 Å². The highest BCUT2D eigenvalue weighted by molar-refractivity contribution is 6.19. The number of anilines is 3. The highest BCUT2D eigenvalue weighted by Crippen LogP contribution is 2.38. The second-order valence-corrected chi connectivity index (χ2v) is 10.8. The van der Waals surface area contributed by atoms with Crippen LogP contribution in [-0.2, 0) is 40.4 Å². The van der Waals surface area contributed by atoms with Gasteiger partial charge in [-0.15, -0.1) is 0 Å². The van der Waals surface area contributed by atoms with Crippen LogP contribution >= 0.6 is 0 Å². The van der Waals surface area contributed by atoms with E-state index in [1.807, 2.05) is 42.2 Å². The number of carbonyl (C=O) groups excluding carboxylic acids is 3. The molecule has 0 atom stereocenters. The molecule has 3 amide bonds. The molecule has 0 fully saturated rings. The van der Waals surface area contributed by atoms with Gasteiger partial charge in [-0.2, -0.15) is 0 Å². The van der Waals surface area contributed by atoms with E-state index in [0.717, 1.165) is 40.2 Å². The fraction of sp³-hybridized carbons (Fsp3) is 0.355. The Bertz CT molecular complexity index is 1420. The van der Waals surface area contributed by atoms with Gasteiger partial charge in [0.05, 0.1) is 17.9 Å². The van der Waals surface area contributed by atoms with Crippen LogP contribution in [0.4, 0.5) is 17.1 Å². The van der Waals surface area contributed by atoms with Crippen molar-refractivity contribution in [1.82, 2.24) is 10.3 Å². The Morgan fingerprint density at radius 1 is 0.846 bits per heavy atom. The van der Waals surface area contributed by atoms with E-state index in [9.17, 15) is 14.4 Å². The first-order chi connectivity index (χ1) is 18.7. The van der Waals surface area contributed by atoms with E-state index in [1.54, 1.807) is 43.1 Å². The highest BCUT2D eigenvalue weighted by Gasteiger charge is 2.45. The molecule has 0 bridgehead atoms. The van der Waals surface area contributed by atoms with Crippen LogP contribution in [0.25, 0.3) is 0 Å². The Balaban J connectivity index is 1.32. The molecule has 0 saturated carbocycles. The van der Waals surface area contributed by atoms with E-state index in [0.29, 0.717) is 32.6 Å². The van der Waals surface area contributed by atoms with Crippen LogP contribution in [0.2, 0.25) is 0 Å². The van der Waals surface area contributed by atoms with Gasteiger partial charge in [-0.1, -0.05) is 24.3 Å². The molecular weight excluding hydrogens is 490 g/mol. The predicted octanol–water partition coefficient (Wildman–Crippen LogP) is 4.21. The van der Waals surface area contributed by atoms with Crippen molar-refractivity contribution in [2.24, 2.45) is 5.41 Å². The number of benzene rings is 2. The molecule has 0 saturated heterocycles. The number of nitrogens with zero attached hydrogens (tertiary/aromatic N) is 4. The van der Waals surface area contributed by atoms with Gasteiger partial charge in [-0.3, -0.25) is 19.4 Å². The first-order valence-corrected chi connectivity index (χ1v) is 13.5. The fourth-order valence-electron chi connectivity index (χ4n) is 5.45. The molecule has 1 N–H and O–H groups in total. The third kappa shape index (κ3) is 5.04. The second-order valence-electron chi connectivity index (χ2n) is 10.8. The van der Waals surface area contributed by atoms with E-state index in [4.69, 9.17) is 0 Å². The number of aryl methyl sites for hydroxylation is 1. The van der Waals surface area contributed by atoms with Gasteiger partial charge in [0.15, 0.2) is 0 Å². The summed E-state index contributed by atoms with van der Waals surface area (Å²) in [6.45, 7) is 7.52. The van der Waals surface area contributed by atoms with Crippen LogP contribution in [0.1, 0.15) is 49.4 Å². The zero-order valence-corrected chi connectivity index (χ0v) is 23.0. The summed E-state index contributed by atoms with van der Waals surface area (Å²) in [5, 5.41) is 3.50. The number of carbonyl (C=O) groups is 3. The van der Waals surface area contributed by atoms with Crippen LogP contribution in [-0.4, -0.2) is 36.3 Å². The van der Waals surface area contributed by atoms with E-state index < -0.39 is 5.41 Å². The minimum atomic E-state index is -1.12. The number of aromatic nitrogens is 1. The molecule has 8 heteroatoms. The standard InChI is InChI=1S/C31H35N5O3/c1-5-35-25-12-9-22(16-27(25)34(4)29(38)31(2,3)30(35)39)18-33-17-21-8-10-24-11-13-28(37)36(26(24)15-21)20-23-7-6-14-32-19-23/h6-10,12,14-16,19,33H,5,11,13,17-18,20H2,1-4H3. The summed E-state index contributed by atoms with van der Waals surface area (Å²) < 4.78 is 0. The zero-order valence-electron chi connectivity index (χ0n) is 23.0. The third-order valence-electron chi connectivity index (χ3n) is 7.70. The number of nitrogens with one attached hydrogen (secondary N) is 1. The van der Waals surface area contributed by atoms with E-state index in [-0.39, 0.29) is 17.7 Å². The van der Waals surface area contributed by atoms with Crippen LogP contribution in [0.15, 0.2) is 60.9 Å². The van der Waals surface area contributed by atoms with Crippen molar-refractivity contribution in [2.45, 2.75) is 53.2 Å². The molecule has 39 heavy (non-hydrogen) atoms. The van der Waals surface area contributed by atoms with Gasteiger partial charge in [0.2, 0.25) is 17.7 Å².